The second-order valence-corrected chi connectivity index (χ2v) is 8.59. The summed E-state index contributed by atoms with van der Waals surface area (Å²) < 4.78 is 67.1. The van der Waals surface area contributed by atoms with Crippen LogP contribution in [0.3, 0.4) is 0 Å². The fourth-order valence-corrected chi connectivity index (χ4v) is 4.74. The molecule has 11 heteroatoms. The van der Waals surface area contributed by atoms with Crippen molar-refractivity contribution in [3.05, 3.63) is 41.7 Å². The number of aliphatic hydroxyl groups is 1. The van der Waals surface area contributed by atoms with Crippen molar-refractivity contribution in [2.45, 2.75) is 24.4 Å². The highest BCUT2D eigenvalue weighted by molar-refractivity contribution is 5.81. The minimum atomic E-state index is -0.898. The third-order valence-corrected chi connectivity index (χ3v) is 6.43. The lowest BCUT2D eigenvalue weighted by atomic mass is 10.1. The Morgan fingerprint density at radius 3 is 2.47 bits per heavy atom. The highest BCUT2D eigenvalue weighted by atomic mass is 19.1. The van der Waals surface area contributed by atoms with Gasteiger partial charge in [0, 0.05) is 30.9 Å². The van der Waals surface area contributed by atoms with Crippen LogP contribution in [0.5, 0.6) is 5.88 Å². The number of nitrogens with one attached hydrogen (secondary N) is 1. The number of aliphatic hydroxyl groups excluding tert-OH is 1. The maximum absolute atomic E-state index is 15.0. The first-order valence-electron chi connectivity index (χ1n) is 11.1. The van der Waals surface area contributed by atoms with Crippen LogP contribution in [-0.4, -0.2) is 79.0 Å². The van der Waals surface area contributed by atoms with Crippen molar-refractivity contribution in [3.63, 3.8) is 0 Å². The van der Waals surface area contributed by atoms with E-state index in [0.717, 1.165) is 6.07 Å². The maximum Gasteiger partial charge on any atom is 0.193 e. The molecule has 0 saturated carbocycles. The predicted octanol–water partition coefficient (Wildman–Crippen LogP) is 2.39. The molecule has 3 fully saturated rings. The second-order valence-electron chi connectivity index (χ2n) is 8.59. The molecule has 6 rings (SSSR count). The number of hydrogen-bond acceptors (Lipinski definition) is 7. The summed E-state index contributed by atoms with van der Waals surface area (Å²) in [6, 6.07) is 5.03. The van der Waals surface area contributed by atoms with Gasteiger partial charge in [-0.15, -0.1) is 0 Å². The monoisotopic (exact) mass is 477 g/mol. The molecule has 5 heterocycles. The molecule has 0 radical (unpaired) electrons. The molecule has 8 nitrogen and oxygen atoms in total. The van der Waals surface area contributed by atoms with E-state index in [-0.39, 0.29) is 24.6 Å². The average molecular weight is 477 g/mol. The number of halogens is 3. The van der Waals surface area contributed by atoms with Crippen LogP contribution in [-0.2, 0) is 14.2 Å². The molecule has 2 aromatic heterocycles. The molecule has 0 amide bonds. The van der Waals surface area contributed by atoms with Gasteiger partial charge in [0.25, 0.3) is 0 Å². The van der Waals surface area contributed by atoms with Gasteiger partial charge in [0.1, 0.15) is 35.6 Å². The quantitative estimate of drug-likeness (QED) is 0.597. The number of aromatic amines is 1. The molecular weight excluding hydrogens is 455 g/mol. The summed E-state index contributed by atoms with van der Waals surface area (Å²) in [6.07, 6.45) is -2.06. The molecule has 3 saturated heterocycles. The normalized spacial score (nSPS) is 26.9. The van der Waals surface area contributed by atoms with Gasteiger partial charge in [0.05, 0.1) is 43.0 Å². The summed E-state index contributed by atoms with van der Waals surface area (Å²) in [5, 5.41) is 9.87. The lowest BCUT2D eigenvalue weighted by Gasteiger charge is -2.29. The van der Waals surface area contributed by atoms with Crippen molar-refractivity contribution in [2.24, 2.45) is 0 Å². The van der Waals surface area contributed by atoms with Crippen molar-refractivity contribution in [1.82, 2.24) is 9.97 Å². The van der Waals surface area contributed by atoms with E-state index in [2.05, 4.69) is 9.97 Å². The summed E-state index contributed by atoms with van der Waals surface area (Å²) in [6.45, 7) is 2.36. The van der Waals surface area contributed by atoms with Crippen LogP contribution in [0.4, 0.5) is 18.9 Å². The number of benzene rings is 1. The Morgan fingerprint density at radius 1 is 0.971 bits per heavy atom. The van der Waals surface area contributed by atoms with E-state index in [1.54, 1.807) is 0 Å². The number of morpholine rings is 1. The van der Waals surface area contributed by atoms with Crippen molar-refractivity contribution >= 4 is 16.7 Å². The second kappa shape index (κ2) is 8.42. The van der Waals surface area contributed by atoms with E-state index in [4.69, 9.17) is 18.9 Å². The third-order valence-electron chi connectivity index (χ3n) is 6.43. The van der Waals surface area contributed by atoms with Crippen LogP contribution in [0.1, 0.15) is 0 Å². The standard InChI is InChI=1S/C23H22F3N3O5/c24-12-5-11(29-1-3-31-4-2-29)6-13(25)20(12)21-14(26)7-15-16(28-21)8-19(27-15)34-18-10-33-22-17(30)9-32-23(18)22/h5-8,17-18,22-23,27,30H,1-4,9-10H2/t17-,18-,22?,23?/m1/s1. The van der Waals surface area contributed by atoms with Crippen molar-refractivity contribution < 1.29 is 37.2 Å². The van der Waals surface area contributed by atoms with Gasteiger partial charge in [-0.25, -0.2) is 18.2 Å². The van der Waals surface area contributed by atoms with E-state index < -0.39 is 53.1 Å². The Kier molecular flexibility index (Phi) is 5.36. The molecule has 0 spiro atoms. The van der Waals surface area contributed by atoms with Crippen molar-refractivity contribution in [3.8, 4) is 17.1 Å². The summed E-state index contributed by atoms with van der Waals surface area (Å²) in [7, 11) is 0. The number of nitrogens with zero attached hydrogens (tertiary/aromatic N) is 2. The SMILES string of the molecule is O[C@@H]1COC2C1OC[C@H]2Oc1cc2nc(-c3c(F)cc(N4CCOCC4)cc3F)c(F)cc2[nH]1. The van der Waals surface area contributed by atoms with Crippen LogP contribution in [0, 0.1) is 17.5 Å². The molecule has 0 bridgehead atoms. The number of fused-ring (bicyclic) bond motifs is 2. The minimum absolute atomic E-state index is 0.166. The molecule has 3 aromatic rings. The van der Waals surface area contributed by atoms with Crippen LogP contribution in [0.25, 0.3) is 22.3 Å². The van der Waals surface area contributed by atoms with E-state index in [0.29, 0.717) is 37.5 Å². The van der Waals surface area contributed by atoms with Crippen LogP contribution >= 0.6 is 0 Å². The molecule has 1 aromatic carbocycles. The highest BCUT2D eigenvalue weighted by Gasteiger charge is 2.48. The van der Waals surface area contributed by atoms with Crippen LogP contribution < -0.4 is 9.64 Å². The zero-order valence-electron chi connectivity index (χ0n) is 18.0. The molecule has 4 atom stereocenters. The number of ether oxygens (including phenoxy) is 4. The molecular formula is C23H22F3N3O5. The predicted molar refractivity (Wildman–Crippen MR) is 114 cm³/mol. The fourth-order valence-electron chi connectivity index (χ4n) is 4.74. The molecule has 34 heavy (non-hydrogen) atoms. The number of anilines is 1. The van der Waals surface area contributed by atoms with Crippen molar-refractivity contribution in [1.29, 1.82) is 0 Å². The van der Waals surface area contributed by atoms with Gasteiger partial charge in [-0.05, 0) is 12.1 Å². The number of hydrogen-bond donors (Lipinski definition) is 2. The Morgan fingerprint density at radius 2 is 1.71 bits per heavy atom. The van der Waals surface area contributed by atoms with Gasteiger partial charge < -0.3 is 33.9 Å². The van der Waals surface area contributed by atoms with E-state index in [1.165, 1.54) is 18.2 Å². The highest BCUT2D eigenvalue weighted by Crippen LogP contribution is 2.34. The van der Waals surface area contributed by atoms with E-state index >= 15 is 0 Å². The Labute approximate surface area is 192 Å². The zero-order chi connectivity index (χ0) is 23.4. The summed E-state index contributed by atoms with van der Waals surface area (Å²) >= 11 is 0. The first-order chi connectivity index (χ1) is 16.5. The number of pyridine rings is 1. The van der Waals surface area contributed by atoms with Gasteiger partial charge in [-0.1, -0.05) is 0 Å². The summed E-state index contributed by atoms with van der Waals surface area (Å²) in [4.78, 5) is 8.90. The topological polar surface area (TPSA) is 89.1 Å². The summed E-state index contributed by atoms with van der Waals surface area (Å²) in [5.41, 5.74) is 0.0147. The molecule has 2 unspecified atom stereocenters. The number of H-pyrrole nitrogens is 1. The fraction of sp³-hybridized carbons (Fsp3) is 0.435. The van der Waals surface area contributed by atoms with Gasteiger partial charge in [0.2, 0.25) is 0 Å². The maximum atomic E-state index is 15.0. The van der Waals surface area contributed by atoms with Gasteiger partial charge in [-0.2, -0.15) is 0 Å². The Bertz CT molecular complexity index is 1210. The first kappa shape index (κ1) is 21.7. The zero-order valence-corrected chi connectivity index (χ0v) is 18.0. The van der Waals surface area contributed by atoms with Crippen LogP contribution in [0.2, 0.25) is 0 Å². The minimum Gasteiger partial charge on any atom is -0.470 e. The smallest absolute Gasteiger partial charge is 0.193 e. The van der Waals surface area contributed by atoms with Gasteiger partial charge >= 0.3 is 0 Å². The van der Waals surface area contributed by atoms with Crippen LogP contribution in [0.15, 0.2) is 24.3 Å². The molecule has 3 aliphatic heterocycles. The lowest BCUT2D eigenvalue weighted by Crippen LogP contribution is -2.36. The van der Waals surface area contributed by atoms with E-state index in [1.807, 2.05) is 4.90 Å². The van der Waals surface area contributed by atoms with Gasteiger partial charge in [0.15, 0.2) is 17.8 Å². The molecule has 3 aliphatic rings. The molecule has 2 N–H and O–H groups in total. The lowest BCUT2D eigenvalue weighted by molar-refractivity contribution is 0.00794. The number of aromatic nitrogens is 2. The Hall–Kier alpha value is -2.86. The largest absolute Gasteiger partial charge is 0.470 e. The molecule has 180 valence electrons. The van der Waals surface area contributed by atoms with Gasteiger partial charge in [-0.3, -0.25) is 0 Å². The van der Waals surface area contributed by atoms with Crippen molar-refractivity contribution in [2.75, 3.05) is 44.4 Å². The molecule has 0 aliphatic carbocycles. The van der Waals surface area contributed by atoms with E-state index in [9.17, 15) is 18.3 Å². The summed E-state index contributed by atoms with van der Waals surface area (Å²) in [5.74, 6) is -2.39. The average Bonchev–Trinajstić information content (AvgIpc) is 3.51. The third kappa shape index (κ3) is 3.68. The first-order valence-corrected chi connectivity index (χ1v) is 11.1. The Balaban J connectivity index is 1.29. The number of rotatable bonds is 4.